The Labute approximate surface area is 86.4 Å². The maximum absolute atomic E-state index is 10.7. The Balaban J connectivity index is 2.10. The van der Waals surface area contributed by atoms with E-state index in [-0.39, 0.29) is 17.8 Å². The van der Waals surface area contributed by atoms with Gasteiger partial charge in [-0.25, -0.2) is 0 Å². The number of nitrogens with zero attached hydrogens (tertiary/aromatic N) is 3. The van der Waals surface area contributed by atoms with Crippen LogP contribution in [0.4, 0.5) is 11.5 Å². The van der Waals surface area contributed by atoms with Crippen molar-refractivity contribution in [3.8, 4) is 0 Å². The van der Waals surface area contributed by atoms with Crippen LogP contribution in [0.15, 0.2) is 6.20 Å². The van der Waals surface area contributed by atoms with E-state index in [4.69, 9.17) is 5.73 Å². The van der Waals surface area contributed by atoms with E-state index in [2.05, 4.69) is 10.4 Å². The minimum atomic E-state index is -0.437. The number of aromatic nitrogens is 2. The van der Waals surface area contributed by atoms with E-state index in [0.717, 1.165) is 12.8 Å². The number of rotatable bonds is 3. The number of nitro groups is 1. The van der Waals surface area contributed by atoms with Crippen LogP contribution in [0.3, 0.4) is 0 Å². The highest BCUT2D eigenvalue weighted by molar-refractivity contribution is 5.55. The van der Waals surface area contributed by atoms with Gasteiger partial charge in [-0.15, -0.1) is 5.10 Å². The number of anilines is 1. The van der Waals surface area contributed by atoms with Gasteiger partial charge in [-0.2, -0.15) is 0 Å². The third-order valence-corrected chi connectivity index (χ3v) is 2.52. The van der Waals surface area contributed by atoms with E-state index in [0.29, 0.717) is 5.82 Å². The molecule has 0 aliphatic heterocycles. The smallest absolute Gasteiger partial charge is 0.330 e. The lowest BCUT2D eigenvalue weighted by molar-refractivity contribution is -0.384. The molecule has 82 valence electrons. The number of aryl methyl sites for hydroxylation is 1. The fourth-order valence-electron chi connectivity index (χ4n) is 1.69. The lowest BCUT2D eigenvalue weighted by Gasteiger charge is -2.32. The highest BCUT2D eigenvalue weighted by Gasteiger charge is 2.29. The fraction of sp³-hybridized carbons (Fsp3) is 0.625. The van der Waals surface area contributed by atoms with Crippen LogP contribution in [0.5, 0.6) is 0 Å². The zero-order valence-electron chi connectivity index (χ0n) is 8.38. The summed E-state index contributed by atoms with van der Waals surface area (Å²) < 4.78 is 1.43. The Morgan fingerprint density at radius 1 is 1.73 bits per heavy atom. The van der Waals surface area contributed by atoms with Gasteiger partial charge in [0.1, 0.15) is 6.20 Å². The standard InChI is InChI=1S/C8H13N5O2/c1-12-4-7(13(14)15)8(11-12)10-6-2-5(9)3-6/h4-6H,2-3,9H2,1H3,(H,10,11). The lowest BCUT2D eigenvalue weighted by atomic mass is 9.88. The second kappa shape index (κ2) is 3.50. The molecule has 0 radical (unpaired) electrons. The molecule has 1 aliphatic carbocycles. The van der Waals surface area contributed by atoms with Gasteiger partial charge in [-0.1, -0.05) is 0 Å². The third kappa shape index (κ3) is 1.91. The van der Waals surface area contributed by atoms with Crippen LogP contribution < -0.4 is 11.1 Å². The number of nitrogens with one attached hydrogen (secondary N) is 1. The van der Waals surface area contributed by atoms with Crippen molar-refractivity contribution < 1.29 is 4.92 Å². The molecule has 7 heteroatoms. The summed E-state index contributed by atoms with van der Waals surface area (Å²) >= 11 is 0. The monoisotopic (exact) mass is 211 g/mol. The minimum absolute atomic E-state index is 0.0120. The maximum Gasteiger partial charge on any atom is 0.330 e. The normalized spacial score (nSPS) is 24.7. The van der Waals surface area contributed by atoms with Crippen molar-refractivity contribution in [3.05, 3.63) is 16.3 Å². The van der Waals surface area contributed by atoms with Gasteiger partial charge >= 0.3 is 5.69 Å². The van der Waals surface area contributed by atoms with Gasteiger partial charge in [-0.05, 0) is 12.8 Å². The number of hydrogen-bond acceptors (Lipinski definition) is 5. The van der Waals surface area contributed by atoms with Gasteiger partial charge in [-0.3, -0.25) is 14.8 Å². The van der Waals surface area contributed by atoms with Gasteiger partial charge in [0.05, 0.1) is 4.92 Å². The second-order valence-corrected chi connectivity index (χ2v) is 3.87. The van der Waals surface area contributed by atoms with Gasteiger partial charge in [0, 0.05) is 19.1 Å². The highest BCUT2D eigenvalue weighted by atomic mass is 16.6. The number of hydrogen-bond donors (Lipinski definition) is 2. The van der Waals surface area contributed by atoms with Crippen molar-refractivity contribution in [2.45, 2.75) is 24.9 Å². The van der Waals surface area contributed by atoms with Gasteiger partial charge in [0.2, 0.25) is 5.82 Å². The van der Waals surface area contributed by atoms with E-state index >= 15 is 0 Å². The molecule has 0 atom stereocenters. The number of nitrogens with two attached hydrogens (primary N) is 1. The van der Waals surface area contributed by atoms with Gasteiger partial charge in [0.25, 0.3) is 0 Å². The molecular formula is C8H13N5O2. The summed E-state index contributed by atoms with van der Waals surface area (Å²) in [7, 11) is 1.66. The Bertz CT molecular complexity index is 382. The zero-order valence-corrected chi connectivity index (χ0v) is 8.38. The molecule has 1 heterocycles. The molecule has 15 heavy (non-hydrogen) atoms. The third-order valence-electron chi connectivity index (χ3n) is 2.52. The summed E-state index contributed by atoms with van der Waals surface area (Å²) in [6.45, 7) is 0. The van der Waals surface area contributed by atoms with E-state index < -0.39 is 4.92 Å². The molecule has 1 aliphatic rings. The van der Waals surface area contributed by atoms with Crippen LogP contribution >= 0.6 is 0 Å². The predicted molar refractivity (Wildman–Crippen MR) is 54.5 cm³/mol. The Morgan fingerprint density at radius 3 is 2.93 bits per heavy atom. The lowest BCUT2D eigenvalue weighted by Crippen LogP contribution is -2.44. The predicted octanol–water partition coefficient (Wildman–Crippen LogP) is 0.230. The fourth-order valence-corrected chi connectivity index (χ4v) is 1.69. The van der Waals surface area contributed by atoms with E-state index in [1.54, 1.807) is 7.05 Å². The first-order valence-corrected chi connectivity index (χ1v) is 4.76. The molecule has 1 fully saturated rings. The highest BCUT2D eigenvalue weighted by Crippen LogP contribution is 2.27. The first-order valence-electron chi connectivity index (χ1n) is 4.76. The quantitative estimate of drug-likeness (QED) is 0.550. The van der Waals surface area contributed by atoms with Crippen molar-refractivity contribution in [2.75, 3.05) is 5.32 Å². The van der Waals surface area contributed by atoms with Crippen molar-refractivity contribution in [1.29, 1.82) is 0 Å². The SMILES string of the molecule is Cn1cc([N+](=O)[O-])c(NC2CC(N)C2)n1. The molecule has 1 saturated carbocycles. The van der Waals surface area contributed by atoms with Gasteiger partial charge in [0.15, 0.2) is 0 Å². The van der Waals surface area contributed by atoms with Crippen molar-refractivity contribution in [2.24, 2.45) is 12.8 Å². The van der Waals surface area contributed by atoms with E-state index in [1.807, 2.05) is 0 Å². The molecule has 1 aromatic heterocycles. The average molecular weight is 211 g/mol. The van der Waals surface area contributed by atoms with Crippen LogP contribution in [0.1, 0.15) is 12.8 Å². The first-order chi connectivity index (χ1) is 7.06. The minimum Gasteiger partial charge on any atom is -0.360 e. The summed E-state index contributed by atoms with van der Waals surface area (Å²) in [4.78, 5) is 10.2. The average Bonchev–Trinajstić information content (AvgIpc) is 2.44. The molecule has 0 saturated heterocycles. The van der Waals surface area contributed by atoms with Crippen LogP contribution in [0, 0.1) is 10.1 Å². The summed E-state index contributed by atoms with van der Waals surface area (Å²) in [6.07, 6.45) is 3.07. The molecule has 0 aromatic carbocycles. The summed E-state index contributed by atoms with van der Waals surface area (Å²) in [5, 5.41) is 17.7. The van der Waals surface area contributed by atoms with Crippen molar-refractivity contribution in [1.82, 2.24) is 9.78 Å². The first kappa shape index (κ1) is 9.91. The molecule has 0 amide bonds. The summed E-state index contributed by atoms with van der Waals surface area (Å²) in [6, 6.07) is 0.430. The Hall–Kier alpha value is -1.63. The van der Waals surface area contributed by atoms with Crippen LogP contribution in [-0.4, -0.2) is 26.8 Å². The maximum atomic E-state index is 10.7. The van der Waals surface area contributed by atoms with E-state index in [9.17, 15) is 10.1 Å². The molecule has 0 spiro atoms. The van der Waals surface area contributed by atoms with Crippen molar-refractivity contribution in [3.63, 3.8) is 0 Å². The molecule has 0 bridgehead atoms. The van der Waals surface area contributed by atoms with Crippen LogP contribution in [-0.2, 0) is 7.05 Å². The molecule has 2 rings (SSSR count). The molecule has 3 N–H and O–H groups in total. The van der Waals surface area contributed by atoms with Crippen LogP contribution in [0.2, 0.25) is 0 Å². The van der Waals surface area contributed by atoms with Gasteiger partial charge < -0.3 is 11.1 Å². The second-order valence-electron chi connectivity index (χ2n) is 3.87. The Morgan fingerprint density at radius 2 is 2.40 bits per heavy atom. The molecule has 7 nitrogen and oxygen atoms in total. The van der Waals surface area contributed by atoms with Crippen molar-refractivity contribution >= 4 is 11.5 Å². The van der Waals surface area contributed by atoms with E-state index in [1.165, 1.54) is 10.9 Å². The van der Waals surface area contributed by atoms with Crippen LogP contribution in [0.25, 0.3) is 0 Å². The zero-order chi connectivity index (χ0) is 11.0. The largest absolute Gasteiger partial charge is 0.360 e. The Kier molecular flexibility index (Phi) is 2.31. The molecule has 0 unspecified atom stereocenters. The summed E-state index contributed by atoms with van der Waals surface area (Å²) in [5.41, 5.74) is 5.64. The topological polar surface area (TPSA) is 99.0 Å². The molecule has 1 aromatic rings. The summed E-state index contributed by atoms with van der Waals surface area (Å²) in [5.74, 6) is 0.333. The molecular weight excluding hydrogens is 198 g/mol.